The van der Waals surface area contributed by atoms with Gasteiger partial charge in [0.15, 0.2) is 5.75 Å². The third kappa shape index (κ3) is 3.11. The predicted molar refractivity (Wildman–Crippen MR) is 69.3 cm³/mol. The number of esters is 1. The molecular formula is C11H12N2O7S. The van der Waals surface area contributed by atoms with Crippen LogP contribution in [-0.4, -0.2) is 39.1 Å². The van der Waals surface area contributed by atoms with Gasteiger partial charge in [0.25, 0.3) is 0 Å². The van der Waals surface area contributed by atoms with Crippen LogP contribution < -0.4 is 9.46 Å². The van der Waals surface area contributed by atoms with Gasteiger partial charge >= 0.3 is 11.7 Å². The first-order valence-corrected chi connectivity index (χ1v) is 7.35. The Hall–Kier alpha value is -2.20. The summed E-state index contributed by atoms with van der Waals surface area (Å²) in [5.41, 5.74) is -0.477. The lowest BCUT2D eigenvalue weighted by Gasteiger charge is -2.10. The third-order valence-corrected chi connectivity index (χ3v) is 4.36. The average Bonchev–Trinajstić information content (AvgIpc) is 2.82. The Morgan fingerprint density at radius 3 is 2.71 bits per heavy atom. The first-order valence-electron chi connectivity index (χ1n) is 5.86. The third-order valence-electron chi connectivity index (χ3n) is 2.89. The molecule has 0 radical (unpaired) electrons. The molecule has 1 aliphatic heterocycles. The molecule has 1 saturated heterocycles. The molecule has 9 nitrogen and oxygen atoms in total. The van der Waals surface area contributed by atoms with Crippen LogP contribution in [0.5, 0.6) is 5.75 Å². The van der Waals surface area contributed by atoms with Crippen LogP contribution in [0.4, 0.5) is 5.69 Å². The van der Waals surface area contributed by atoms with Crippen LogP contribution in [0.25, 0.3) is 0 Å². The molecule has 1 aromatic rings. The molecule has 1 N–H and O–H groups in total. The molecule has 1 heterocycles. The Kier molecular flexibility index (Phi) is 4.09. The fourth-order valence-electron chi connectivity index (χ4n) is 1.84. The highest BCUT2D eigenvalue weighted by Crippen LogP contribution is 2.29. The highest BCUT2D eigenvalue weighted by atomic mass is 32.2. The topological polar surface area (TPSA) is 125 Å². The van der Waals surface area contributed by atoms with E-state index in [1.54, 1.807) is 0 Å². The van der Waals surface area contributed by atoms with E-state index >= 15 is 0 Å². The molecular weight excluding hydrogens is 304 g/mol. The molecule has 21 heavy (non-hydrogen) atoms. The van der Waals surface area contributed by atoms with Gasteiger partial charge in [0.05, 0.1) is 23.5 Å². The largest absolute Gasteiger partial charge is 0.490 e. The minimum absolute atomic E-state index is 0.0563. The van der Waals surface area contributed by atoms with E-state index in [0.29, 0.717) is 0 Å². The zero-order valence-electron chi connectivity index (χ0n) is 10.9. The summed E-state index contributed by atoms with van der Waals surface area (Å²) in [6.07, 6.45) is 0.219. The zero-order chi connectivity index (χ0) is 15.6. The minimum Gasteiger partial charge on any atom is -0.490 e. The lowest BCUT2D eigenvalue weighted by Crippen LogP contribution is -2.37. The highest BCUT2D eigenvalue weighted by molar-refractivity contribution is 7.89. The quantitative estimate of drug-likeness (QED) is 0.467. The number of carbonyl (C=O) groups is 1. The van der Waals surface area contributed by atoms with E-state index in [2.05, 4.69) is 9.46 Å². The fraction of sp³-hybridized carbons (Fsp3) is 0.364. The van der Waals surface area contributed by atoms with Crippen molar-refractivity contribution in [3.63, 3.8) is 0 Å². The van der Waals surface area contributed by atoms with E-state index in [4.69, 9.17) is 4.74 Å². The summed E-state index contributed by atoms with van der Waals surface area (Å²) in [4.78, 5) is 21.1. The van der Waals surface area contributed by atoms with Crippen molar-refractivity contribution in [2.24, 2.45) is 0 Å². The summed E-state index contributed by atoms with van der Waals surface area (Å²) in [6, 6.07) is 2.24. The second-order valence-corrected chi connectivity index (χ2v) is 5.93. The predicted octanol–water partition coefficient (Wildman–Crippen LogP) is 0.197. The first-order chi connectivity index (χ1) is 9.85. The first kappa shape index (κ1) is 15.2. The van der Waals surface area contributed by atoms with Gasteiger partial charge in [-0.15, -0.1) is 0 Å². The minimum atomic E-state index is -4.07. The molecule has 0 saturated carbocycles. The van der Waals surface area contributed by atoms with Gasteiger partial charge in [-0.1, -0.05) is 0 Å². The second kappa shape index (κ2) is 5.66. The smallest absolute Gasteiger partial charge is 0.324 e. The molecule has 1 aromatic carbocycles. The van der Waals surface area contributed by atoms with Gasteiger partial charge in [0, 0.05) is 12.5 Å². The number of hydrogen-bond donors (Lipinski definition) is 1. The summed E-state index contributed by atoms with van der Waals surface area (Å²) in [5.74, 6) is -0.721. The van der Waals surface area contributed by atoms with Crippen LogP contribution in [0.1, 0.15) is 6.42 Å². The molecule has 10 heteroatoms. The van der Waals surface area contributed by atoms with Crippen molar-refractivity contribution in [1.29, 1.82) is 0 Å². The summed E-state index contributed by atoms with van der Waals surface area (Å²) in [6.45, 7) is 0.134. The standard InChI is InChI=1S/C11H12N2O7S/c1-19-10-3-2-7(6-9(10)13(15)16)21(17,18)12-8-4-5-20-11(8)14/h2-3,6,8,12H,4-5H2,1H3. The fourth-order valence-corrected chi connectivity index (χ4v) is 3.08. The normalized spacial score (nSPS) is 18.3. The number of carbonyl (C=O) groups excluding carboxylic acids is 1. The average molecular weight is 316 g/mol. The molecule has 0 amide bonds. The molecule has 2 rings (SSSR count). The molecule has 0 bridgehead atoms. The molecule has 1 unspecified atom stereocenters. The van der Waals surface area contributed by atoms with Gasteiger partial charge in [-0.25, -0.2) is 8.42 Å². The number of benzene rings is 1. The van der Waals surface area contributed by atoms with Crippen LogP contribution in [-0.2, 0) is 19.6 Å². The molecule has 114 valence electrons. The van der Waals surface area contributed by atoms with E-state index in [-0.39, 0.29) is 23.7 Å². The molecule has 1 fully saturated rings. The molecule has 1 atom stereocenters. The Bertz CT molecular complexity index is 686. The van der Waals surface area contributed by atoms with Crippen molar-refractivity contribution in [3.05, 3.63) is 28.3 Å². The number of nitrogens with one attached hydrogen (secondary N) is 1. The number of nitro benzene ring substituents is 1. The SMILES string of the molecule is COc1ccc(S(=O)(=O)NC2CCOC2=O)cc1[N+](=O)[O-]. The number of cyclic esters (lactones) is 1. The zero-order valence-corrected chi connectivity index (χ0v) is 11.8. The van der Waals surface area contributed by atoms with Crippen molar-refractivity contribution in [3.8, 4) is 5.75 Å². The van der Waals surface area contributed by atoms with Crippen LogP contribution >= 0.6 is 0 Å². The van der Waals surface area contributed by atoms with Gasteiger partial charge in [-0.05, 0) is 12.1 Å². The molecule has 0 aliphatic carbocycles. The summed E-state index contributed by atoms with van der Waals surface area (Å²) in [7, 11) is -2.83. The van der Waals surface area contributed by atoms with E-state index in [0.717, 1.165) is 12.1 Å². The van der Waals surface area contributed by atoms with E-state index in [1.807, 2.05) is 0 Å². The van der Waals surface area contributed by atoms with Crippen molar-refractivity contribution >= 4 is 21.7 Å². The summed E-state index contributed by atoms with van der Waals surface area (Å²) < 4.78 is 35.9. The Morgan fingerprint density at radius 1 is 1.48 bits per heavy atom. The van der Waals surface area contributed by atoms with Gasteiger partial charge < -0.3 is 9.47 Å². The Labute approximate surface area is 120 Å². The molecule has 0 aromatic heterocycles. The van der Waals surface area contributed by atoms with Crippen molar-refractivity contribution in [2.45, 2.75) is 17.4 Å². The lowest BCUT2D eigenvalue weighted by molar-refractivity contribution is -0.386. The second-order valence-electron chi connectivity index (χ2n) is 4.22. The maximum atomic E-state index is 12.1. The maximum Gasteiger partial charge on any atom is 0.324 e. The van der Waals surface area contributed by atoms with Crippen molar-refractivity contribution < 1.29 is 27.6 Å². The lowest BCUT2D eigenvalue weighted by atomic mass is 10.3. The number of nitro groups is 1. The Morgan fingerprint density at radius 2 is 2.19 bits per heavy atom. The number of sulfonamides is 1. The number of ether oxygens (including phenoxy) is 2. The van der Waals surface area contributed by atoms with Gasteiger partial charge in [-0.2, -0.15) is 4.72 Å². The molecule has 1 aliphatic rings. The molecule has 0 spiro atoms. The van der Waals surface area contributed by atoms with Crippen LogP contribution in [0.15, 0.2) is 23.1 Å². The number of hydrogen-bond acceptors (Lipinski definition) is 7. The maximum absolute atomic E-state index is 12.1. The van der Waals surface area contributed by atoms with Crippen molar-refractivity contribution in [2.75, 3.05) is 13.7 Å². The van der Waals surface area contributed by atoms with Gasteiger partial charge in [0.2, 0.25) is 10.0 Å². The highest BCUT2D eigenvalue weighted by Gasteiger charge is 2.32. The van der Waals surface area contributed by atoms with Gasteiger partial charge in [0.1, 0.15) is 6.04 Å². The van der Waals surface area contributed by atoms with Crippen molar-refractivity contribution in [1.82, 2.24) is 4.72 Å². The number of rotatable bonds is 5. The number of methoxy groups -OCH3 is 1. The van der Waals surface area contributed by atoms with E-state index in [1.165, 1.54) is 13.2 Å². The summed E-state index contributed by atoms with van der Waals surface area (Å²) in [5, 5.41) is 10.9. The van der Waals surface area contributed by atoms with E-state index < -0.39 is 32.6 Å². The van der Waals surface area contributed by atoms with Crippen LogP contribution in [0.3, 0.4) is 0 Å². The monoisotopic (exact) mass is 316 g/mol. The van der Waals surface area contributed by atoms with Crippen LogP contribution in [0.2, 0.25) is 0 Å². The van der Waals surface area contributed by atoms with Gasteiger partial charge in [-0.3, -0.25) is 14.9 Å². The van der Waals surface area contributed by atoms with E-state index in [9.17, 15) is 23.3 Å². The van der Waals surface area contributed by atoms with Crippen LogP contribution in [0, 0.1) is 10.1 Å². The summed E-state index contributed by atoms with van der Waals surface area (Å²) >= 11 is 0. The number of nitrogens with zero attached hydrogens (tertiary/aromatic N) is 1. The Balaban J connectivity index is 2.34.